The summed E-state index contributed by atoms with van der Waals surface area (Å²) in [6, 6.07) is 17.9. The zero-order chi connectivity index (χ0) is 25.8. The Labute approximate surface area is 206 Å². The maximum Gasteiger partial charge on any atom is 0.259 e. The van der Waals surface area contributed by atoms with Crippen molar-refractivity contribution in [3.63, 3.8) is 0 Å². The second-order valence-electron chi connectivity index (χ2n) is 7.72. The highest BCUT2D eigenvalue weighted by Crippen LogP contribution is 2.32. The van der Waals surface area contributed by atoms with Gasteiger partial charge in [0.25, 0.3) is 5.91 Å². The molecule has 182 valence electrons. The first-order valence-corrected chi connectivity index (χ1v) is 10.8. The van der Waals surface area contributed by atoms with E-state index < -0.39 is 5.91 Å². The molecule has 1 amide bonds. The first-order chi connectivity index (χ1) is 17.4. The number of para-hydroxylation sites is 1. The number of fused-ring (bicyclic) bond motifs is 1. The van der Waals surface area contributed by atoms with Crippen molar-refractivity contribution in [3.05, 3.63) is 78.0 Å². The summed E-state index contributed by atoms with van der Waals surface area (Å²) in [5.74, 6) is 12.7. The van der Waals surface area contributed by atoms with Crippen molar-refractivity contribution in [2.24, 2.45) is 17.4 Å². The van der Waals surface area contributed by atoms with Gasteiger partial charge in [-0.25, -0.2) is 15.5 Å². The predicted octanol–water partition coefficient (Wildman–Crippen LogP) is 2.54. The number of nitrogen functional groups attached to an aromatic ring is 1. The normalized spacial score (nSPS) is 11.2. The minimum atomic E-state index is -0.552. The Kier molecular flexibility index (Phi) is 6.72. The van der Waals surface area contributed by atoms with Crippen molar-refractivity contribution in [3.8, 4) is 5.82 Å². The zero-order valence-corrected chi connectivity index (χ0v) is 19.4. The Bertz CT molecular complexity index is 1510. The largest absolute Gasteiger partial charge is 0.404 e. The van der Waals surface area contributed by atoms with Crippen LogP contribution in [0.3, 0.4) is 0 Å². The number of pyridine rings is 1. The molecule has 0 radical (unpaired) electrons. The minimum Gasteiger partial charge on any atom is -0.404 e. The lowest BCUT2D eigenvalue weighted by Gasteiger charge is -2.18. The number of carbonyl (C=O) groups is 1. The molecule has 36 heavy (non-hydrogen) atoms. The van der Waals surface area contributed by atoms with E-state index in [0.717, 1.165) is 23.3 Å². The van der Waals surface area contributed by atoms with E-state index in [-0.39, 0.29) is 11.4 Å². The van der Waals surface area contributed by atoms with E-state index in [2.05, 4.69) is 15.7 Å². The number of hydrogen-bond donors (Lipinski definition) is 7. The summed E-state index contributed by atoms with van der Waals surface area (Å²) in [6.07, 6.45) is 1.92. The molecule has 0 aliphatic heterocycles. The van der Waals surface area contributed by atoms with Crippen LogP contribution >= 0.6 is 0 Å². The van der Waals surface area contributed by atoms with Crippen molar-refractivity contribution in [1.82, 2.24) is 14.8 Å². The molecule has 0 spiro atoms. The molecule has 12 heteroatoms. The zero-order valence-electron chi connectivity index (χ0n) is 19.4. The second-order valence-corrected chi connectivity index (χ2v) is 7.72. The number of aromatic nitrogens is 3. The van der Waals surface area contributed by atoms with Gasteiger partial charge in [0.15, 0.2) is 11.6 Å². The maximum atomic E-state index is 12.3. The molecular formula is C24H25N11O. The number of nitrogens with zero attached hydrogens (tertiary/aromatic N) is 4. The SMILES string of the molecule is CC(=N)c1cc(N(N)c2nn(-c3cccc(NC(=O)/C(C=N)=C/N)n3)c3ccccc23)ccc1NN. The number of carbonyl (C=O) groups excluding carboxylic acids is 1. The molecule has 2 heterocycles. The average Bonchev–Trinajstić information content (AvgIpc) is 3.28. The van der Waals surface area contributed by atoms with Gasteiger partial charge in [-0.05, 0) is 49.4 Å². The van der Waals surface area contributed by atoms with Gasteiger partial charge in [0.2, 0.25) is 0 Å². The van der Waals surface area contributed by atoms with Gasteiger partial charge in [0.1, 0.15) is 5.82 Å². The molecule has 0 bridgehead atoms. The molecular weight excluding hydrogens is 458 g/mol. The van der Waals surface area contributed by atoms with Gasteiger partial charge in [0.05, 0.1) is 22.5 Å². The van der Waals surface area contributed by atoms with Gasteiger partial charge < -0.3 is 27.3 Å². The molecule has 0 saturated carbocycles. The standard InChI is InChI=1S/C24H25N11O/c1-14(27)18-11-16(9-10-19(18)32-28)34(29)23-17-5-2-3-6-20(17)35(33-23)22-8-4-7-21(30-22)31-24(36)15(12-25)13-26/h2-13,25,27,32H,26,28-29H2,1H3,(H,30,31,36)/b15-13+,25-12?,27-14?. The molecule has 2 aromatic carbocycles. The Morgan fingerprint density at radius 2 is 1.92 bits per heavy atom. The Morgan fingerprint density at radius 3 is 2.61 bits per heavy atom. The number of nitrogens with two attached hydrogens (primary N) is 3. The van der Waals surface area contributed by atoms with Gasteiger partial charge in [-0.15, -0.1) is 5.10 Å². The number of nitrogens with one attached hydrogen (secondary N) is 4. The fourth-order valence-corrected chi connectivity index (χ4v) is 3.63. The van der Waals surface area contributed by atoms with E-state index in [1.54, 1.807) is 48.0 Å². The topological polar surface area (TPSA) is 201 Å². The highest BCUT2D eigenvalue weighted by Gasteiger charge is 2.19. The second kappa shape index (κ2) is 10.0. The van der Waals surface area contributed by atoms with E-state index in [0.29, 0.717) is 34.3 Å². The third-order valence-corrected chi connectivity index (χ3v) is 5.43. The van der Waals surface area contributed by atoms with Crippen LogP contribution in [-0.2, 0) is 4.79 Å². The third-order valence-electron chi connectivity index (χ3n) is 5.43. The van der Waals surface area contributed by atoms with Gasteiger partial charge in [-0.1, -0.05) is 18.2 Å². The smallest absolute Gasteiger partial charge is 0.259 e. The Balaban J connectivity index is 1.77. The molecule has 4 aromatic rings. The minimum absolute atomic E-state index is 0.00295. The summed E-state index contributed by atoms with van der Waals surface area (Å²) in [5.41, 5.74) is 10.9. The van der Waals surface area contributed by atoms with E-state index in [1.807, 2.05) is 24.3 Å². The van der Waals surface area contributed by atoms with Crippen molar-refractivity contribution >= 4 is 51.7 Å². The predicted molar refractivity (Wildman–Crippen MR) is 142 cm³/mol. The summed E-state index contributed by atoms with van der Waals surface area (Å²) in [6.45, 7) is 1.66. The number of benzene rings is 2. The van der Waals surface area contributed by atoms with Crippen molar-refractivity contribution < 1.29 is 4.79 Å². The van der Waals surface area contributed by atoms with E-state index >= 15 is 0 Å². The Hall–Kier alpha value is -5.07. The highest BCUT2D eigenvalue weighted by atomic mass is 16.1. The average molecular weight is 484 g/mol. The first-order valence-electron chi connectivity index (χ1n) is 10.8. The van der Waals surface area contributed by atoms with Crippen LogP contribution in [0, 0.1) is 10.8 Å². The lowest BCUT2D eigenvalue weighted by Crippen LogP contribution is -2.26. The number of anilines is 4. The fourth-order valence-electron chi connectivity index (χ4n) is 3.63. The number of hydrazine groups is 2. The van der Waals surface area contributed by atoms with Crippen LogP contribution in [-0.4, -0.2) is 32.6 Å². The molecule has 0 fully saturated rings. The van der Waals surface area contributed by atoms with E-state index in [9.17, 15) is 4.79 Å². The summed E-state index contributed by atoms with van der Waals surface area (Å²) in [7, 11) is 0. The van der Waals surface area contributed by atoms with Crippen molar-refractivity contribution in [2.45, 2.75) is 6.92 Å². The lowest BCUT2D eigenvalue weighted by molar-refractivity contribution is -0.112. The number of hydrogen-bond acceptors (Lipinski definition) is 10. The quantitative estimate of drug-likeness (QED) is 0.0857. The molecule has 10 N–H and O–H groups in total. The van der Waals surface area contributed by atoms with Crippen LogP contribution < -0.4 is 33.2 Å². The van der Waals surface area contributed by atoms with Crippen LogP contribution in [0.2, 0.25) is 0 Å². The highest BCUT2D eigenvalue weighted by molar-refractivity contribution is 6.16. The maximum absolute atomic E-state index is 12.3. The fraction of sp³-hybridized carbons (Fsp3) is 0.0417. The van der Waals surface area contributed by atoms with Gasteiger partial charge in [-0.3, -0.25) is 15.6 Å². The van der Waals surface area contributed by atoms with Gasteiger partial charge >= 0.3 is 0 Å². The van der Waals surface area contributed by atoms with Crippen molar-refractivity contribution in [1.29, 1.82) is 10.8 Å². The Morgan fingerprint density at radius 1 is 1.14 bits per heavy atom. The van der Waals surface area contributed by atoms with Crippen LogP contribution in [0.1, 0.15) is 12.5 Å². The molecule has 2 aromatic heterocycles. The van der Waals surface area contributed by atoms with Crippen LogP contribution in [0.4, 0.5) is 23.0 Å². The third kappa shape index (κ3) is 4.49. The van der Waals surface area contributed by atoms with E-state index in [4.69, 9.17) is 33.3 Å². The van der Waals surface area contributed by atoms with Crippen LogP contribution in [0.25, 0.3) is 16.7 Å². The summed E-state index contributed by atoms with van der Waals surface area (Å²) in [5, 5.41) is 24.9. The first kappa shape index (κ1) is 24.1. The molecule has 0 unspecified atom stereocenters. The molecule has 0 aliphatic rings. The van der Waals surface area contributed by atoms with Gasteiger partial charge in [0, 0.05) is 29.1 Å². The molecule has 4 rings (SSSR count). The van der Waals surface area contributed by atoms with Crippen LogP contribution in [0.5, 0.6) is 0 Å². The van der Waals surface area contributed by atoms with E-state index in [1.165, 1.54) is 5.01 Å². The summed E-state index contributed by atoms with van der Waals surface area (Å²) in [4.78, 5) is 16.8. The van der Waals surface area contributed by atoms with Crippen LogP contribution in [0.15, 0.2) is 72.4 Å². The lowest BCUT2D eigenvalue weighted by atomic mass is 10.1. The molecule has 0 aliphatic carbocycles. The van der Waals surface area contributed by atoms with Gasteiger partial charge in [-0.2, -0.15) is 0 Å². The summed E-state index contributed by atoms with van der Waals surface area (Å²) < 4.78 is 1.62. The summed E-state index contributed by atoms with van der Waals surface area (Å²) >= 11 is 0. The van der Waals surface area contributed by atoms with Crippen molar-refractivity contribution in [2.75, 3.05) is 15.8 Å². The number of rotatable bonds is 8. The number of amides is 1. The monoisotopic (exact) mass is 483 g/mol. The molecule has 0 saturated heterocycles. The molecule has 12 nitrogen and oxygen atoms in total. The molecule has 0 atom stereocenters.